The van der Waals surface area contributed by atoms with E-state index in [0.29, 0.717) is 23.5 Å². The zero-order chi connectivity index (χ0) is 15.8. The normalized spacial score (nSPS) is 56.6. The number of ketones is 1. The van der Waals surface area contributed by atoms with Gasteiger partial charge in [0.25, 0.3) is 0 Å². The molecule has 2 heteroatoms. The lowest BCUT2D eigenvalue weighted by atomic mass is 9.47. The molecular formula is C20H30O2. The minimum Gasteiger partial charge on any atom is -0.389 e. The third-order valence-electron chi connectivity index (χ3n) is 8.63. The van der Waals surface area contributed by atoms with Crippen LogP contribution in [-0.4, -0.2) is 16.5 Å². The van der Waals surface area contributed by atoms with E-state index in [1.807, 2.05) is 6.08 Å². The van der Waals surface area contributed by atoms with Gasteiger partial charge in [0.05, 0.1) is 5.60 Å². The molecule has 122 valence electrons. The highest BCUT2D eigenvalue weighted by molar-refractivity contribution is 5.95. The molecule has 4 rings (SSSR count). The van der Waals surface area contributed by atoms with Crippen molar-refractivity contribution in [1.82, 2.24) is 0 Å². The van der Waals surface area contributed by atoms with Crippen LogP contribution in [0.5, 0.6) is 0 Å². The zero-order valence-corrected chi connectivity index (χ0v) is 14.3. The quantitative estimate of drug-likeness (QED) is 0.791. The van der Waals surface area contributed by atoms with E-state index in [2.05, 4.69) is 26.8 Å². The molecule has 0 aromatic rings. The van der Waals surface area contributed by atoms with Crippen LogP contribution in [0.4, 0.5) is 0 Å². The van der Waals surface area contributed by atoms with Crippen molar-refractivity contribution in [3.63, 3.8) is 0 Å². The van der Waals surface area contributed by atoms with Crippen molar-refractivity contribution in [3.8, 4) is 0 Å². The van der Waals surface area contributed by atoms with Crippen LogP contribution in [0.3, 0.4) is 0 Å². The predicted molar refractivity (Wildman–Crippen MR) is 87.3 cm³/mol. The lowest BCUT2D eigenvalue weighted by Gasteiger charge is -2.58. The van der Waals surface area contributed by atoms with E-state index >= 15 is 0 Å². The first kappa shape index (κ1) is 14.9. The van der Waals surface area contributed by atoms with E-state index in [4.69, 9.17) is 0 Å². The van der Waals surface area contributed by atoms with Crippen LogP contribution < -0.4 is 0 Å². The molecule has 3 fully saturated rings. The van der Waals surface area contributed by atoms with Crippen LogP contribution in [0.2, 0.25) is 0 Å². The highest BCUT2D eigenvalue weighted by Crippen LogP contribution is 2.67. The summed E-state index contributed by atoms with van der Waals surface area (Å²) in [5, 5.41) is 11.2. The Morgan fingerprint density at radius 3 is 2.59 bits per heavy atom. The fourth-order valence-corrected chi connectivity index (χ4v) is 7.15. The van der Waals surface area contributed by atoms with Crippen molar-refractivity contribution in [3.05, 3.63) is 12.2 Å². The molecule has 1 unspecified atom stereocenters. The van der Waals surface area contributed by atoms with Crippen molar-refractivity contribution < 1.29 is 9.90 Å². The second-order valence-electron chi connectivity index (χ2n) is 8.99. The number of aliphatic hydroxyl groups is 1. The number of rotatable bonds is 1. The summed E-state index contributed by atoms with van der Waals surface area (Å²) in [6.45, 7) is 6.84. The van der Waals surface area contributed by atoms with Gasteiger partial charge in [-0.1, -0.05) is 26.8 Å². The molecule has 1 N–H and O–H groups in total. The van der Waals surface area contributed by atoms with Crippen molar-refractivity contribution in [2.75, 3.05) is 0 Å². The van der Waals surface area contributed by atoms with Gasteiger partial charge in [-0.3, -0.25) is 4.79 Å². The number of allylic oxidation sites excluding steroid dienone is 2. The Labute approximate surface area is 134 Å². The molecule has 4 aliphatic rings. The summed E-state index contributed by atoms with van der Waals surface area (Å²) in [6, 6.07) is 0. The van der Waals surface area contributed by atoms with E-state index in [1.54, 1.807) is 0 Å². The van der Waals surface area contributed by atoms with Gasteiger partial charge < -0.3 is 5.11 Å². The van der Waals surface area contributed by atoms with Crippen molar-refractivity contribution >= 4 is 5.78 Å². The molecule has 0 aromatic heterocycles. The van der Waals surface area contributed by atoms with Crippen LogP contribution in [0.1, 0.15) is 65.7 Å². The average molecular weight is 302 g/mol. The molecule has 4 aliphatic carbocycles. The summed E-state index contributed by atoms with van der Waals surface area (Å²) < 4.78 is 0. The Morgan fingerprint density at radius 2 is 1.86 bits per heavy atom. The fourth-order valence-electron chi connectivity index (χ4n) is 7.15. The Morgan fingerprint density at radius 1 is 1.14 bits per heavy atom. The second-order valence-corrected chi connectivity index (χ2v) is 8.99. The van der Waals surface area contributed by atoms with Gasteiger partial charge in [0, 0.05) is 5.92 Å². The first-order valence-corrected chi connectivity index (χ1v) is 9.31. The lowest BCUT2D eigenvalue weighted by molar-refractivity contribution is -0.143. The maximum Gasteiger partial charge on any atom is 0.159 e. The number of carbonyl (C=O) groups excluding carboxylic acids is 1. The highest BCUT2D eigenvalue weighted by atomic mass is 16.3. The third-order valence-corrected chi connectivity index (χ3v) is 8.63. The number of hydrogen-bond donors (Lipinski definition) is 1. The Balaban J connectivity index is 1.69. The summed E-state index contributed by atoms with van der Waals surface area (Å²) in [7, 11) is 0. The van der Waals surface area contributed by atoms with Crippen molar-refractivity contribution in [2.24, 2.45) is 34.5 Å². The minimum absolute atomic E-state index is 0.0915. The van der Waals surface area contributed by atoms with Crippen LogP contribution in [0.15, 0.2) is 12.2 Å². The van der Waals surface area contributed by atoms with Gasteiger partial charge in [-0.2, -0.15) is 0 Å². The van der Waals surface area contributed by atoms with E-state index in [1.165, 1.54) is 19.3 Å². The van der Waals surface area contributed by atoms with Crippen LogP contribution in [0.25, 0.3) is 0 Å². The highest BCUT2D eigenvalue weighted by Gasteiger charge is 2.64. The molecule has 0 aromatic carbocycles. The molecule has 0 radical (unpaired) electrons. The largest absolute Gasteiger partial charge is 0.389 e. The summed E-state index contributed by atoms with van der Waals surface area (Å²) >= 11 is 0. The number of hydrogen-bond acceptors (Lipinski definition) is 2. The first-order valence-electron chi connectivity index (χ1n) is 9.31. The smallest absolute Gasteiger partial charge is 0.159 e. The summed E-state index contributed by atoms with van der Waals surface area (Å²) in [6.07, 6.45) is 11.7. The van der Waals surface area contributed by atoms with Gasteiger partial charge in [0.2, 0.25) is 0 Å². The van der Waals surface area contributed by atoms with Gasteiger partial charge >= 0.3 is 0 Å². The summed E-state index contributed by atoms with van der Waals surface area (Å²) in [5.41, 5.74) is -0.269. The number of fused-ring (bicyclic) bond motifs is 5. The van der Waals surface area contributed by atoms with Gasteiger partial charge in [0.1, 0.15) is 0 Å². The van der Waals surface area contributed by atoms with E-state index in [-0.39, 0.29) is 16.7 Å². The Bertz CT molecular complexity index is 538. The first-order chi connectivity index (χ1) is 10.4. The van der Waals surface area contributed by atoms with Crippen LogP contribution >= 0.6 is 0 Å². The molecule has 0 spiro atoms. The van der Waals surface area contributed by atoms with Gasteiger partial charge in [-0.15, -0.1) is 0 Å². The minimum atomic E-state index is -0.457. The van der Waals surface area contributed by atoms with Crippen LogP contribution in [0, 0.1) is 34.5 Å². The predicted octanol–water partition coefficient (Wildman–Crippen LogP) is 4.13. The fraction of sp³-hybridized carbons (Fsp3) is 0.850. The van der Waals surface area contributed by atoms with Gasteiger partial charge in [0.15, 0.2) is 5.78 Å². The topological polar surface area (TPSA) is 37.3 Å². The van der Waals surface area contributed by atoms with E-state index in [9.17, 15) is 9.90 Å². The zero-order valence-electron chi connectivity index (χ0n) is 14.3. The molecule has 3 saturated carbocycles. The monoisotopic (exact) mass is 302 g/mol. The molecule has 0 bridgehead atoms. The molecule has 7 atom stereocenters. The molecule has 0 saturated heterocycles. The molecular weight excluding hydrogens is 272 g/mol. The second kappa shape index (κ2) is 4.47. The third kappa shape index (κ3) is 1.58. The van der Waals surface area contributed by atoms with E-state index in [0.717, 1.165) is 25.7 Å². The molecule has 2 nitrogen and oxygen atoms in total. The Kier molecular flexibility index (Phi) is 3.03. The standard InChI is InChI=1S/C20H30O2/c1-4-20(22)12-8-15-13-5-6-16-17(21)9-10-18(16,2)14(13)7-11-19(15,20)3/h9-10,13-16,22H,4-8,11-12H2,1-3H3/t13-,14+,15+,16?,18-,19+,20+/m1/s1. The number of carbonyl (C=O) groups is 1. The van der Waals surface area contributed by atoms with E-state index < -0.39 is 5.60 Å². The SMILES string of the molecule is CC[C@]1(O)CC[C@H]2[C@@H]3CCC4C(=O)C=C[C@]4(C)[C@H]3CC[C@@]21C. The van der Waals surface area contributed by atoms with Gasteiger partial charge in [-0.05, 0) is 79.6 Å². The Hall–Kier alpha value is -0.630. The molecule has 22 heavy (non-hydrogen) atoms. The maximum atomic E-state index is 12.2. The van der Waals surface area contributed by atoms with Gasteiger partial charge in [-0.25, -0.2) is 0 Å². The van der Waals surface area contributed by atoms with Crippen molar-refractivity contribution in [1.29, 1.82) is 0 Å². The van der Waals surface area contributed by atoms with Crippen molar-refractivity contribution in [2.45, 2.75) is 71.3 Å². The molecule has 0 heterocycles. The average Bonchev–Trinajstić information content (AvgIpc) is 2.95. The van der Waals surface area contributed by atoms with Crippen LogP contribution in [-0.2, 0) is 4.79 Å². The maximum absolute atomic E-state index is 12.2. The molecule has 0 amide bonds. The summed E-state index contributed by atoms with van der Waals surface area (Å²) in [4.78, 5) is 12.2. The lowest BCUT2D eigenvalue weighted by Crippen LogP contribution is -2.55. The summed E-state index contributed by atoms with van der Waals surface area (Å²) in [5.74, 6) is 2.61. The molecule has 0 aliphatic heterocycles.